The summed E-state index contributed by atoms with van der Waals surface area (Å²) in [6, 6.07) is 1.83. The monoisotopic (exact) mass is 262 g/mol. The molecular weight excluding hydrogens is 250 g/mol. The standard InChI is InChI=1S/C12H13ClF2O2/c1-6-2-7(5-17-6)12(16)8-3-10(14)11(15)4-9(8)13/h3-4,6-7,12,16H,2,5H2,1H3. The number of halogens is 3. The maximum atomic E-state index is 13.1. The van der Waals surface area contributed by atoms with Crippen LogP contribution in [0.4, 0.5) is 8.78 Å². The molecule has 1 fully saturated rings. The van der Waals surface area contributed by atoms with Crippen LogP contribution in [0.2, 0.25) is 5.02 Å². The first-order valence-electron chi connectivity index (χ1n) is 5.43. The Morgan fingerprint density at radius 1 is 1.41 bits per heavy atom. The summed E-state index contributed by atoms with van der Waals surface area (Å²) in [5.41, 5.74) is 0.216. The molecule has 3 unspecified atom stereocenters. The molecule has 94 valence electrons. The van der Waals surface area contributed by atoms with E-state index in [9.17, 15) is 13.9 Å². The molecule has 0 saturated carbocycles. The summed E-state index contributed by atoms with van der Waals surface area (Å²) in [6.07, 6.45) is -0.183. The summed E-state index contributed by atoms with van der Waals surface area (Å²) in [5, 5.41) is 10.1. The van der Waals surface area contributed by atoms with Gasteiger partial charge in [-0.15, -0.1) is 0 Å². The highest BCUT2D eigenvalue weighted by atomic mass is 35.5. The first-order valence-corrected chi connectivity index (χ1v) is 5.81. The number of rotatable bonds is 2. The predicted octanol–water partition coefficient (Wildman–Crippen LogP) is 3.08. The summed E-state index contributed by atoms with van der Waals surface area (Å²) in [4.78, 5) is 0. The second kappa shape index (κ2) is 4.88. The molecule has 3 atom stereocenters. The lowest BCUT2D eigenvalue weighted by atomic mass is 9.93. The van der Waals surface area contributed by atoms with Crippen molar-refractivity contribution in [2.24, 2.45) is 5.92 Å². The van der Waals surface area contributed by atoms with E-state index in [2.05, 4.69) is 0 Å². The van der Waals surface area contributed by atoms with Gasteiger partial charge in [0.15, 0.2) is 11.6 Å². The van der Waals surface area contributed by atoms with Crippen molar-refractivity contribution in [2.75, 3.05) is 6.61 Å². The van der Waals surface area contributed by atoms with Crippen molar-refractivity contribution in [1.82, 2.24) is 0 Å². The maximum absolute atomic E-state index is 13.1. The second-order valence-electron chi connectivity index (χ2n) is 4.37. The van der Waals surface area contributed by atoms with Gasteiger partial charge in [-0.25, -0.2) is 8.78 Å². The molecule has 2 nitrogen and oxygen atoms in total. The van der Waals surface area contributed by atoms with Gasteiger partial charge in [-0.2, -0.15) is 0 Å². The van der Waals surface area contributed by atoms with Crippen molar-refractivity contribution in [1.29, 1.82) is 0 Å². The Balaban J connectivity index is 2.24. The van der Waals surface area contributed by atoms with E-state index in [1.54, 1.807) is 0 Å². The number of hydrogen-bond acceptors (Lipinski definition) is 2. The van der Waals surface area contributed by atoms with Crippen LogP contribution < -0.4 is 0 Å². The van der Waals surface area contributed by atoms with Crippen molar-refractivity contribution in [3.8, 4) is 0 Å². The summed E-state index contributed by atoms with van der Waals surface area (Å²) in [7, 11) is 0. The number of benzene rings is 1. The van der Waals surface area contributed by atoms with Gasteiger partial charge >= 0.3 is 0 Å². The number of hydrogen-bond donors (Lipinski definition) is 1. The summed E-state index contributed by atoms with van der Waals surface area (Å²) in [6.45, 7) is 2.30. The third-order valence-corrected chi connectivity index (χ3v) is 3.36. The largest absolute Gasteiger partial charge is 0.388 e. The first-order chi connectivity index (χ1) is 7.99. The lowest BCUT2D eigenvalue weighted by molar-refractivity contribution is 0.0802. The minimum absolute atomic E-state index is 0.0379. The Morgan fingerprint density at radius 3 is 2.65 bits per heavy atom. The quantitative estimate of drug-likeness (QED) is 0.830. The smallest absolute Gasteiger partial charge is 0.160 e. The Hall–Kier alpha value is -0.710. The van der Waals surface area contributed by atoms with Crippen LogP contribution in [0.3, 0.4) is 0 Å². The Kier molecular flexibility index (Phi) is 3.66. The van der Waals surface area contributed by atoms with E-state index < -0.39 is 17.7 Å². The molecule has 2 rings (SSSR count). The fourth-order valence-electron chi connectivity index (χ4n) is 2.09. The first kappa shape index (κ1) is 12.7. The van der Waals surface area contributed by atoms with Crippen LogP contribution in [-0.2, 0) is 4.74 Å². The Labute approximate surface area is 103 Å². The molecule has 1 heterocycles. The van der Waals surface area contributed by atoms with Crippen LogP contribution >= 0.6 is 11.6 Å². The van der Waals surface area contributed by atoms with Gasteiger partial charge in [0, 0.05) is 16.5 Å². The molecule has 1 N–H and O–H groups in total. The molecular formula is C12H13ClF2O2. The van der Waals surface area contributed by atoms with Crippen LogP contribution in [0.25, 0.3) is 0 Å². The third-order valence-electron chi connectivity index (χ3n) is 3.03. The Morgan fingerprint density at radius 2 is 2.06 bits per heavy atom. The van der Waals surface area contributed by atoms with Crippen molar-refractivity contribution >= 4 is 11.6 Å². The van der Waals surface area contributed by atoms with Gasteiger partial charge in [-0.1, -0.05) is 11.6 Å². The molecule has 5 heteroatoms. The highest BCUT2D eigenvalue weighted by Gasteiger charge is 2.31. The normalized spacial score (nSPS) is 26.2. The molecule has 1 saturated heterocycles. The molecule has 0 aromatic heterocycles. The van der Waals surface area contributed by atoms with Crippen molar-refractivity contribution in [2.45, 2.75) is 25.6 Å². The zero-order valence-corrected chi connectivity index (χ0v) is 10.0. The van der Waals surface area contributed by atoms with E-state index in [1.165, 1.54) is 0 Å². The van der Waals surface area contributed by atoms with E-state index in [-0.39, 0.29) is 22.6 Å². The fourth-order valence-corrected chi connectivity index (χ4v) is 2.35. The highest BCUT2D eigenvalue weighted by molar-refractivity contribution is 6.31. The van der Waals surface area contributed by atoms with Gasteiger partial charge in [0.05, 0.1) is 18.8 Å². The van der Waals surface area contributed by atoms with Gasteiger partial charge in [0.25, 0.3) is 0 Å². The molecule has 0 radical (unpaired) electrons. The predicted molar refractivity (Wildman–Crippen MR) is 59.8 cm³/mol. The van der Waals surface area contributed by atoms with E-state index in [4.69, 9.17) is 16.3 Å². The van der Waals surface area contributed by atoms with Crippen LogP contribution in [0.1, 0.15) is 25.0 Å². The molecule has 1 aromatic rings. The lowest BCUT2D eigenvalue weighted by Gasteiger charge is -2.18. The fraction of sp³-hybridized carbons (Fsp3) is 0.500. The van der Waals surface area contributed by atoms with Crippen LogP contribution in [0, 0.1) is 17.6 Å². The van der Waals surface area contributed by atoms with Gasteiger partial charge in [-0.05, 0) is 25.5 Å². The van der Waals surface area contributed by atoms with Crippen molar-refractivity contribution in [3.05, 3.63) is 34.4 Å². The molecule has 1 aliphatic rings. The molecule has 0 bridgehead atoms. The van der Waals surface area contributed by atoms with E-state index >= 15 is 0 Å². The zero-order valence-electron chi connectivity index (χ0n) is 9.29. The minimum atomic E-state index is -1.01. The molecule has 0 spiro atoms. The molecule has 0 amide bonds. The van der Waals surface area contributed by atoms with E-state index in [1.807, 2.05) is 6.92 Å². The van der Waals surface area contributed by atoms with Crippen LogP contribution in [0.15, 0.2) is 12.1 Å². The van der Waals surface area contributed by atoms with Crippen LogP contribution in [-0.4, -0.2) is 17.8 Å². The van der Waals surface area contributed by atoms with E-state index in [0.717, 1.165) is 12.1 Å². The number of aliphatic hydroxyl groups excluding tert-OH is 1. The van der Waals surface area contributed by atoms with Gasteiger partial charge < -0.3 is 9.84 Å². The molecule has 1 aromatic carbocycles. The van der Waals surface area contributed by atoms with Gasteiger partial charge in [0.1, 0.15) is 0 Å². The lowest BCUT2D eigenvalue weighted by Crippen LogP contribution is -2.13. The summed E-state index contributed by atoms with van der Waals surface area (Å²) >= 11 is 5.80. The maximum Gasteiger partial charge on any atom is 0.160 e. The molecule has 0 aliphatic carbocycles. The van der Waals surface area contributed by atoms with Crippen molar-refractivity contribution in [3.63, 3.8) is 0 Å². The van der Waals surface area contributed by atoms with Gasteiger partial charge in [0.2, 0.25) is 0 Å². The topological polar surface area (TPSA) is 29.5 Å². The van der Waals surface area contributed by atoms with Gasteiger partial charge in [-0.3, -0.25) is 0 Å². The zero-order chi connectivity index (χ0) is 12.6. The number of ether oxygens (including phenoxy) is 1. The summed E-state index contributed by atoms with van der Waals surface area (Å²) < 4.78 is 31.3. The SMILES string of the molecule is CC1CC(C(O)c2cc(F)c(F)cc2Cl)CO1. The average molecular weight is 263 g/mol. The second-order valence-corrected chi connectivity index (χ2v) is 4.78. The summed E-state index contributed by atoms with van der Waals surface area (Å²) in [5.74, 6) is -2.15. The minimum Gasteiger partial charge on any atom is -0.388 e. The van der Waals surface area contributed by atoms with Crippen LogP contribution in [0.5, 0.6) is 0 Å². The molecule has 1 aliphatic heterocycles. The molecule has 17 heavy (non-hydrogen) atoms. The average Bonchev–Trinajstić information content (AvgIpc) is 2.69. The number of aliphatic hydroxyl groups is 1. The third kappa shape index (κ3) is 2.59. The Bertz CT molecular complexity index is 425. The highest BCUT2D eigenvalue weighted by Crippen LogP contribution is 2.35. The van der Waals surface area contributed by atoms with E-state index in [0.29, 0.717) is 13.0 Å². The van der Waals surface area contributed by atoms with Crippen molar-refractivity contribution < 1.29 is 18.6 Å².